The molecule has 1 aromatic carbocycles. The Labute approximate surface area is 100 Å². The summed E-state index contributed by atoms with van der Waals surface area (Å²) in [4.78, 5) is 13.2. The highest BCUT2D eigenvalue weighted by molar-refractivity contribution is 5.68. The monoisotopic (exact) mass is 233 g/mol. The average Bonchev–Trinajstić information content (AvgIpc) is 2.37. The van der Waals surface area contributed by atoms with E-state index in [1.165, 1.54) is 4.90 Å². The van der Waals surface area contributed by atoms with E-state index in [1.54, 1.807) is 12.2 Å². The minimum absolute atomic E-state index is 0.260. The molecule has 0 spiro atoms. The van der Waals surface area contributed by atoms with E-state index in [2.05, 4.69) is 0 Å². The zero-order chi connectivity index (χ0) is 12.1. The number of hydrogen-bond donors (Lipinski definition) is 1. The standard InChI is InChI=1S/C13H15NO3/c15-12-7-4-8-14(9-12)13(16)17-10-11-5-2-1-3-6-11/h1-7,12,15H,8-10H2/t12-/m0/s1. The minimum atomic E-state index is -0.590. The first-order valence-corrected chi connectivity index (χ1v) is 5.56. The molecule has 0 saturated carbocycles. The van der Waals surface area contributed by atoms with Gasteiger partial charge in [-0.15, -0.1) is 0 Å². The van der Waals surface area contributed by atoms with E-state index in [4.69, 9.17) is 4.74 Å². The first-order chi connectivity index (χ1) is 8.25. The molecule has 1 aromatic rings. The Hall–Kier alpha value is -1.81. The molecule has 2 rings (SSSR count). The first-order valence-electron chi connectivity index (χ1n) is 5.56. The van der Waals surface area contributed by atoms with Crippen LogP contribution in [0.4, 0.5) is 4.79 Å². The molecule has 1 aliphatic heterocycles. The summed E-state index contributed by atoms with van der Waals surface area (Å²) < 4.78 is 5.16. The van der Waals surface area contributed by atoms with Crippen molar-refractivity contribution in [1.82, 2.24) is 4.90 Å². The summed E-state index contributed by atoms with van der Waals surface area (Å²) in [6.45, 7) is 1.05. The van der Waals surface area contributed by atoms with Crippen molar-refractivity contribution in [2.24, 2.45) is 0 Å². The lowest BCUT2D eigenvalue weighted by Gasteiger charge is -2.25. The molecule has 4 heteroatoms. The summed E-state index contributed by atoms with van der Waals surface area (Å²) in [7, 11) is 0. The molecule has 1 N–H and O–H groups in total. The zero-order valence-electron chi connectivity index (χ0n) is 9.45. The Balaban J connectivity index is 1.84. The molecule has 0 unspecified atom stereocenters. The molecular formula is C13H15NO3. The normalized spacial score (nSPS) is 19.1. The molecule has 0 fully saturated rings. The van der Waals surface area contributed by atoms with Gasteiger partial charge in [-0.2, -0.15) is 0 Å². The van der Waals surface area contributed by atoms with Crippen LogP contribution in [0.3, 0.4) is 0 Å². The predicted octanol–water partition coefficient (Wildman–Crippen LogP) is 1.56. The molecule has 1 aliphatic rings. The second-order valence-electron chi connectivity index (χ2n) is 3.94. The zero-order valence-corrected chi connectivity index (χ0v) is 9.45. The quantitative estimate of drug-likeness (QED) is 0.788. The maximum absolute atomic E-state index is 11.7. The van der Waals surface area contributed by atoms with Crippen molar-refractivity contribution in [1.29, 1.82) is 0 Å². The number of amides is 1. The third kappa shape index (κ3) is 3.32. The lowest BCUT2D eigenvalue weighted by Crippen LogP contribution is -2.39. The summed E-state index contributed by atoms with van der Waals surface area (Å²) in [5.74, 6) is 0. The van der Waals surface area contributed by atoms with Gasteiger partial charge in [0.2, 0.25) is 0 Å². The lowest BCUT2D eigenvalue weighted by molar-refractivity contribution is 0.0796. The van der Waals surface area contributed by atoms with Crippen molar-refractivity contribution in [2.75, 3.05) is 13.1 Å². The number of β-amino-alcohol motifs (C(OH)–C–C–N with tert-alkyl or cyclic N) is 1. The summed E-state index contributed by atoms with van der Waals surface area (Å²) in [5.41, 5.74) is 0.953. The molecule has 1 heterocycles. The molecule has 0 aromatic heterocycles. The highest BCUT2D eigenvalue weighted by Gasteiger charge is 2.19. The van der Waals surface area contributed by atoms with Gasteiger partial charge in [0.25, 0.3) is 0 Å². The molecule has 17 heavy (non-hydrogen) atoms. The van der Waals surface area contributed by atoms with Crippen molar-refractivity contribution in [2.45, 2.75) is 12.7 Å². The number of hydrogen-bond acceptors (Lipinski definition) is 3. The van der Waals surface area contributed by atoms with Gasteiger partial charge in [0.15, 0.2) is 0 Å². The SMILES string of the molecule is O=C(OCc1ccccc1)N1CC=C[C@H](O)C1. The van der Waals surface area contributed by atoms with Crippen LogP contribution in [-0.4, -0.2) is 35.3 Å². The van der Waals surface area contributed by atoms with Crippen LogP contribution >= 0.6 is 0 Å². The van der Waals surface area contributed by atoms with E-state index in [-0.39, 0.29) is 6.61 Å². The van der Waals surface area contributed by atoms with Crippen LogP contribution in [0.1, 0.15) is 5.56 Å². The number of aliphatic hydroxyl groups is 1. The van der Waals surface area contributed by atoms with Crippen LogP contribution in [0, 0.1) is 0 Å². The van der Waals surface area contributed by atoms with Crippen LogP contribution in [0.5, 0.6) is 0 Å². The fourth-order valence-electron chi connectivity index (χ4n) is 1.67. The topological polar surface area (TPSA) is 49.8 Å². The van der Waals surface area contributed by atoms with Crippen molar-refractivity contribution < 1.29 is 14.6 Å². The minimum Gasteiger partial charge on any atom is -0.445 e. The number of carbonyl (C=O) groups is 1. The summed E-state index contributed by atoms with van der Waals surface area (Å²) in [6, 6.07) is 9.51. The Morgan fingerprint density at radius 2 is 2.18 bits per heavy atom. The third-order valence-corrected chi connectivity index (χ3v) is 2.55. The Bertz CT molecular complexity index is 402. The molecule has 1 amide bonds. The Kier molecular flexibility index (Phi) is 3.77. The van der Waals surface area contributed by atoms with Gasteiger partial charge in [0.05, 0.1) is 12.6 Å². The predicted molar refractivity (Wildman–Crippen MR) is 63.3 cm³/mol. The van der Waals surface area contributed by atoms with Crippen molar-refractivity contribution >= 4 is 6.09 Å². The second-order valence-corrected chi connectivity index (χ2v) is 3.94. The molecule has 0 saturated heterocycles. The van der Waals surface area contributed by atoms with E-state index in [0.717, 1.165) is 5.56 Å². The number of ether oxygens (including phenoxy) is 1. The van der Waals surface area contributed by atoms with E-state index >= 15 is 0 Å². The van der Waals surface area contributed by atoms with Gasteiger partial charge in [-0.3, -0.25) is 0 Å². The second kappa shape index (κ2) is 5.50. The average molecular weight is 233 g/mol. The molecule has 0 radical (unpaired) electrons. The van der Waals surface area contributed by atoms with Crippen molar-refractivity contribution in [3.8, 4) is 0 Å². The van der Waals surface area contributed by atoms with Crippen LogP contribution < -0.4 is 0 Å². The summed E-state index contributed by atoms with van der Waals surface area (Å²) in [6.07, 6.45) is 2.46. The van der Waals surface area contributed by atoms with Crippen molar-refractivity contribution in [3.63, 3.8) is 0 Å². The molecule has 0 aliphatic carbocycles. The Morgan fingerprint density at radius 1 is 1.41 bits per heavy atom. The first kappa shape index (κ1) is 11.7. The van der Waals surface area contributed by atoms with Crippen LogP contribution in [0.25, 0.3) is 0 Å². The van der Waals surface area contributed by atoms with Gasteiger partial charge in [-0.25, -0.2) is 4.79 Å². The largest absolute Gasteiger partial charge is 0.445 e. The van der Waals surface area contributed by atoms with Gasteiger partial charge < -0.3 is 14.7 Å². The third-order valence-electron chi connectivity index (χ3n) is 2.55. The highest BCUT2D eigenvalue weighted by Crippen LogP contribution is 2.07. The summed E-state index contributed by atoms with van der Waals surface area (Å²) >= 11 is 0. The molecular weight excluding hydrogens is 218 g/mol. The van der Waals surface area contributed by atoms with Gasteiger partial charge in [0, 0.05) is 6.54 Å². The highest BCUT2D eigenvalue weighted by atomic mass is 16.6. The number of rotatable bonds is 2. The number of benzene rings is 1. The van der Waals surface area contributed by atoms with Gasteiger partial charge >= 0.3 is 6.09 Å². The Morgan fingerprint density at radius 3 is 2.88 bits per heavy atom. The van der Waals surface area contributed by atoms with Gasteiger partial charge in [-0.05, 0) is 5.56 Å². The number of nitrogens with zero attached hydrogens (tertiary/aromatic N) is 1. The molecule has 1 atom stereocenters. The molecule has 0 bridgehead atoms. The van der Waals surface area contributed by atoms with E-state index in [0.29, 0.717) is 13.1 Å². The molecule has 4 nitrogen and oxygen atoms in total. The van der Waals surface area contributed by atoms with Crippen LogP contribution in [-0.2, 0) is 11.3 Å². The lowest BCUT2D eigenvalue weighted by atomic mass is 10.2. The maximum Gasteiger partial charge on any atom is 0.410 e. The van der Waals surface area contributed by atoms with Crippen molar-refractivity contribution in [3.05, 3.63) is 48.0 Å². The van der Waals surface area contributed by atoms with E-state index < -0.39 is 12.2 Å². The maximum atomic E-state index is 11.7. The summed E-state index contributed by atoms with van der Waals surface area (Å²) in [5, 5.41) is 9.38. The fraction of sp³-hybridized carbons (Fsp3) is 0.308. The fourth-order valence-corrected chi connectivity index (χ4v) is 1.67. The van der Waals surface area contributed by atoms with Gasteiger partial charge in [-0.1, -0.05) is 42.5 Å². The smallest absolute Gasteiger partial charge is 0.410 e. The number of carbonyl (C=O) groups excluding carboxylic acids is 1. The van der Waals surface area contributed by atoms with Crippen LogP contribution in [0.2, 0.25) is 0 Å². The number of aliphatic hydroxyl groups excluding tert-OH is 1. The van der Waals surface area contributed by atoms with Crippen LogP contribution in [0.15, 0.2) is 42.5 Å². The molecule has 90 valence electrons. The van der Waals surface area contributed by atoms with E-state index in [1.807, 2.05) is 30.3 Å². The van der Waals surface area contributed by atoms with E-state index in [9.17, 15) is 9.90 Å². The van der Waals surface area contributed by atoms with Gasteiger partial charge in [0.1, 0.15) is 6.61 Å².